The number of carbonyl (C=O) groups is 1. The first-order valence-corrected chi connectivity index (χ1v) is 8.37. The van der Waals surface area contributed by atoms with Crippen LogP contribution in [0.3, 0.4) is 0 Å². The lowest BCUT2D eigenvalue weighted by Crippen LogP contribution is -2.41. The van der Waals surface area contributed by atoms with Gasteiger partial charge in [0.25, 0.3) is 5.69 Å². The summed E-state index contributed by atoms with van der Waals surface area (Å²) in [5.41, 5.74) is 5.27. The molecule has 0 saturated heterocycles. The lowest BCUT2D eigenvalue weighted by Gasteiger charge is -2.23. The highest BCUT2D eigenvalue weighted by Gasteiger charge is 2.18. The zero-order valence-corrected chi connectivity index (χ0v) is 13.7. The monoisotopic (exact) mass is 344 g/mol. The number of benzene rings is 1. The van der Waals surface area contributed by atoms with Gasteiger partial charge in [-0.15, -0.1) is 0 Å². The average molecular weight is 344 g/mol. The Kier molecular flexibility index (Phi) is 6.61. The first-order valence-electron chi connectivity index (χ1n) is 6.89. The molecular weight excluding hydrogens is 324 g/mol. The summed E-state index contributed by atoms with van der Waals surface area (Å²) in [6.07, 6.45) is -0.00689. The molecule has 1 aromatic carbocycles. The second kappa shape index (κ2) is 7.99. The van der Waals surface area contributed by atoms with Crippen molar-refractivity contribution < 1.29 is 18.1 Å². The number of nitrogens with zero attached hydrogens (tertiary/aromatic N) is 2. The molecule has 9 nitrogen and oxygen atoms in total. The highest BCUT2D eigenvalue weighted by molar-refractivity contribution is 7.89. The van der Waals surface area contributed by atoms with Crippen LogP contribution in [-0.4, -0.2) is 50.3 Å². The summed E-state index contributed by atoms with van der Waals surface area (Å²) in [7, 11) is -2.22. The predicted molar refractivity (Wildman–Crippen MR) is 84.2 cm³/mol. The number of hydrogen-bond acceptors (Lipinski definition) is 6. The van der Waals surface area contributed by atoms with Gasteiger partial charge in [0, 0.05) is 44.7 Å². The summed E-state index contributed by atoms with van der Waals surface area (Å²) in [6.45, 7) is 2.04. The van der Waals surface area contributed by atoms with Gasteiger partial charge in [-0.25, -0.2) is 13.1 Å². The summed E-state index contributed by atoms with van der Waals surface area (Å²) >= 11 is 0. The molecule has 0 saturated carbocycles. The van der Waals surface area contributed by atoms with E-state index in [0.29, 0.717) is 6.54 Å². The third-order valence-electron chi connectivity index (χ3n) is 3.38. The molecule has 0 aliphatic heterocycles. The van der Waals surface area contributed by atoms with Gasteiger partial charge < -0.3 is 10.6 Å². The number of non-ortho nitro benzene ring substituents is 1. The van der Waals surface area contributed by atoms with Crippen molar-refractivity contribution in [1.82, 2.24) is 9.62 Å². The van der Waals surface area contributed by atoms with Gasteiger partial charge in [0.15, 0.2) is 0 Å². The number of rotatable bonds is 8. The fourth-order valence-corrected chi connectivity index (χ4v) is 2.73. The first kappa shape index (κ1) is 19.0. The molecule has 0 radical (unpaired) electrons. The quantitative estimate of drug-likeness (QED) is 0.506. The minimum atomic E-state index is -3.82. The summed E-state index contributed by atoms with van der Waals surface area (Å²) in [4.78, 5) is 23.1. The second-order valence-electron chi connectivity index (χ2n) is 4.99. The van der Waals surface area contributed by atoms with Crippen LogP contribution in [0.5, 0.6) is 0 Å². The molecule has 0 heterocycles. The van der Waals surface area contributed by atoms with E-state index in [1.54, 1.807) is 14.0 Å². The second-order valence-corrected chi connectivity index (χ2v) is 6.76. The molecule has 3 N–H and O–H groups in total. The molecule has 0 fully saturated rings. The van der Waals surface area contributed by atoms with E-state index in [1.807, 2.05) is 0 Å². The van der Waals surface area contributed by atoms with Gasteiger partial charge in [0.05, 0.1) is 9.82 Å². The molecule has 128 valence electrons. The molecule has 1 rings (SSSR count). The average Bonchev–Trinajstić information content (AvgIpc) is 2.53. The number of nitrogens with two attached hydrogens (primary N) is 1. The van der Waals surface area contributed by atoms with E-state index in [4.69, 9.17) is 5.73 Å². The lowest BCUT2D eigenvalue weighted by molar-refractivity contribution is -0.384. The molecule has 1 aromatic rings. The maximum atomic E-state index is 12.0. The van der Waals surface area contributed by atoms with E-state index in [2.05, 4.69) is 4.72 Å². The third-order valence-corrected chi connectivity index (χ3v) is 4.86. The van der Waals surface area contributed by atoms with E-state index in [9.17, 15) is 23.3 Å². The van der Waals surface area contributed by atoms with Crippen molar-refractivity contribution in [3.63, 3.8) is 0 Å². The molecular formula is C13H20N4O5S. The first-order chi connectivity index (χ1) is 10.7. The number of likely N-dealkylation sites (N-methyl/N-ethyl adjacent to an activating group) is 1. The molecule has 23 heavy (non-hydrogen) atoms. The van der Waals surface area contributed by atoms with Crippen LogP contribution in [-0.2, 0) is 14.8 Å². The van der Waals surface area contributed by atoms with Crippen LogP contribution in [0, 0.1) is 10.1 Å². The Balaban J connectivity index is 2.62. The molecule has 0 aliphatic rings. The van der Waals surface area contributed by atoms with E-state index in [0.717, 1.165) is 24.3 Å². The highest BCUT2D eigenvalue weighted by Crippen LogP contribution is 2.15. The molecule has 1 atom stereocenters. The smallest absolute Gasteiger partial charge is 0.269 e. The highest BCUT2D eigenvalue weighted by atomic mass is 32.2. The van der Waals surface area contributed by atoms with Gasteiger partial charge in [-0.2, -0.15) is 0 Å². The van der Waals surface area contributed by atoms with E-state index < -0.39 is 14.9 Å². The van der Waals surface area contributed by atoms with Crippen molar-refractivity contribution in [3.8, 4) is 0 Å². The van der Waals surface area contributed by atoms with Gasteiger partial charge in [0.1, 0.15) is 0 Å². The standard InChI is InChI=1S/C13H20N4O5S/c1-10(9-14)16(2)13(18)7-8-15-23(21,22)12-5-3-11(4-6-12)17(19)20/h3-6,10,15H,7-9,14H2,1-2H3. The molecule has 10 heteroatoms. The van der Waals surface area contributed by atoms with Crippen molar-refractivity contribution in [2.45, 2.75) is 24.3 Å². The van der Waals surface area contributed by atoms with Crippen LogP contribution in [0.1, 0.15) is 13.3 Å². The van der Waals surface area contributed by atoms with E-state index >= 15 is 0 Å². The fraction of sp³-hybridized carbons (Fsp3) is 0.462. The predicted octanol–water partition coefficient (Wildman–Crippen LogP) is 0.0688. The minimum absolute atomic E-state index is 0.00689. The van der Waals surface area contributed by atoms with Gasteiger partial charge >= 0.3 is 0 Å². The van der Waals surface area contributed by atoms with Crippen LogP contribution in [0.4, 0.5) is 5.69 Å². The van der Waals surface area contributed by atoms with Crippen LogP contribution in [0.2, 0.25) is 0 Å². The van der Waals surface area contributed by atoms with Crippen LogP contribution >= 0.6 is 0 Å². The molecule has 0 aromatic heterocycles. The van der Waals surface area contributed by atoms with E-state index in [-0.39, 0.29) is 35.5 Å². The zero-order chi connectivity index (χ0) is 17.6. The normalized spacial score (nSPS) is 12.7. The Bertz CT molecular complexity index is 659. The summed E-state index contributed by atoms with van der Waals surface area (Å²) in [5, 5.41) is 10.5. The number of sulfonamides is 1. The Hall–Kier alpha value is -2.04. The third kappa shape index (κ3) is 5.27. The van der Waals surface area contributed by atoms with Crippen molar-refractivity contribution >= 4 is 21.6 Å². The molecule has 0 spiro atoms. The SMILES string of the molecule is CC(CN)N(C)C(=O)CCNS(=O)(=O)c1ccc([N+](=O)[O-])cc1. The maximum Gasteiger partial charge on any atom is 0.269 e. The van der Waals surface area contributed by atoms with Crippen LogP contribution in [0.25, 0.3) is 0 Å². The summed E-state index contributed by atoms with van der Waals surface area (Å²) in [5.74, 6) is -0.227. The maximum absolute atomic E-state index is 12.0. The number of nitrogens with one attached hydrogen (secondary N) is 1. The molecule has 1 amide bonds. The number of amides is 1. The summed E-state index contributed by atoms with van der Waals surface area (Å²) < 4.78 is 26.3. The van der Waals surface area contributed by atoms with Gasteiger partial charge in [-0.05, 0) is 19.1 Å². The molecule has 0 aliphatic carbocycles. The van der Waals surface area contributed by atoms with Gasteiger partial charge in [-0.1, -0.05) is 0 Å². The topological polar surface area (TPSA) is 136 Å². The largest absolute Gasteiger partial charge is 0.342 e. The molecule has 0 bridgehead atoms. The van der Waals surface area contributed by atoms with Crippen molar-refractivity contribution in [2.24, 2.45) is 5.73 Å². The number of carbonyl (C=O) groups excluding carboxylic acids is 1. The van der Waals surface area contributed by atoms with Crippen molar-refractivity contribution in [3.05, 3.63) is 34.4 Å². The Labute approximate surface area is 134 Å². The lowest BCUT2D eigenvalue weighted by atomic mass is 10.2. The minimum Gasteiger partial charge on any atom is -0.342 e. The number of hydrogen-bond donors (Lipinski definition) is 2. The van der Waals surface area contributed by atoms with Crippen LogP contribution < -0.4 is 10.5 Å². The fourth-order valence-electron chi connectivity index (χ4n) is 1.70. The zero-order valence-electron chi connectivity index (χ0n) is 12.9. The molecule has 1 unspecified atom stereocenters. The van der Waals surface area contributed by atoms with E-state index in [1.165, 1.54) is 4.90 Å². The Morgan fingerprint density at radius 3 is 2.43 bits per heavy atom. The Morgan fingerprint density at radius 1 is 1.39 bits per heavy atom. The Morgan fingerprint density at radius 2 is 1.96 bits per heavy atom. The van der Waals surface area contributed by atoms with Crippen molar-refractivity contribution in [1.29, 1.82) is 0 Å². The van der Waals surface area contributed by atoms with Crippen molar-refractivity contribution in [2.75, 3.05) is 20.1 Å². The summed E-state index contributed by atoms with van der Waals surface area (Å²) in [6, 6.07) is 4.37. The van der Waals surface area contributed by atoms with Gasteiger partial charge in [-0.3, -0.25) is 14.9 Å². The number of nitro benzene ring substituents is 1. The van der Waals surface area contributed by atoms with Crippen LogP contribution in [0.15, 0.2) is 29.2 Å². The number of nitro groups is 1. The van der Waals surface area contributed by atoms with Gasteiger partial charge in [0.2, 0.25) is 15.9 Å².